The van der Waals surface area contributed by atoms with Crippen molar-refractivity contribution in [3.8, 4) is 0 Å². The monoisotopic (exact) mass is 217 g/mol. The van der Waals surface area contributed by atoms with Crippen LogP contribution in [0.2, 0.25) is 0 Å². The molecule has 0 bridgehead atoms. The van der Waals surface area contributed by atoms with Gasteiger partial charge < -0.3 is 10.0 Å². The highest BCUT2D eigenvalue weighted by atomic mass is 16.3. The van der Waals surface area contributed by atoms with Crippen LogP contribution in [0.15, 0.2) is 24.3 Å². The number of aliphatic hydroxyl groups excluding tert-OH is 1. The topological polar surface area (TPSA) is 40.5 Å². The van der Waals surface area contributed by atoms with Crippen LogP contribution in [0.5, 0.6) is 0 Å². The molecule has 3 nitrogen and oxygen atoms in total. The van der Waals surface area contributed by atoms with Crippen molar-refractivity contribution in [2.24, 2.45) is 0 Å². The molecule has 2 heterocycles. The first-order chi connectivity index (χ1) is 7.75. The standard InChI is InChI=1S/C13H15NO2/c15-10-7-12-11-4-2-1-3-9(11)5-6-14(12)13(16)8-10/h1-4,10,12,15H,5-8H2. The minimum atomic E-state index is -0.472. The maximum Gasteiger partial charge on any atom is 0.225 e. The summed E-state index contributed by atoms with van der Waals surface area (Å²) in [5, 5.41) is 9.70. The summed E-state index contributed by atoms with van der Waals surface area (Å²) in [7, 11) is 0. The average molecular weight is 217 g/mol. The van der Waals surface area contributed by atoms with E-state index in [1.165, 1.54) is 11.1 Å². The van der Waals surface area contributed by atoms with E-state index in [0.717, 1.165) is 13.0 Å². The molecule has 1 N–H and O–H groups in total. The van der Waals surface area contributed by atoms with Gasteiger partial charge in [-0.25, -0.2) is 0 Å². The molecule has 0 radical (unpaired) electrons. The highest BCUT2D eigenvalue weighted by Crippen LogP contribution is 2.36. The van der Waals surface area contributed by atoms with Crippen LogP contribution in [0, 0.1) is 0 Å². The van der Waals surface area contributed by atoms with Crippen LogP contribution < -0.4 is 0 Å². The molecule has 3 heteroatoms. The number of nitrogens with zero attached hydrogens (tertiary/aromatic N) is 1. The fourth-order valence-electron chi connectivity index (χ4n) is 2.86. The van der Waals surface area contributed by atoms with Crippen molar-refractivity contribution in [1.82, 2.24) is 4.90 Å². The number of hydrogen-bond donors (Lipinski definition) is 1. The van der Waals surface area contributed by atoms with Crippen molar-refractivity contribution < 1.29 is 9.90 Å². The van der Waals surface area contributed by atoms with E-state index >= 15 is 0 Å². The molecule has 84 valence electrons. The van der Waals surface area contributed by atoms with Gasteiger partial charge in [-0.05, 0) is 24.0 Å². The number of fused-ring (bicyclic) bond motifs is 3. The highest BCUT2D eigenvalue weighted by molar-refractivity contribution is 5.78. The van der Waals surface area contributed by atoms with Crippen LogP contribution in [0.25, 0.3) is 0 Å². The summed E-state index contributed by atoms with van der Waals surface area (Å²) in [5.74, 6) is 0.0956. The third kappa shape index (κ3) is 1.43. The molecule has 1 saturated heterocycles. The van der Waals surface area contributed by atoms with Crippen LogP contribution in [0.1, 0.15) is 30.0 Å². The minimum absolute atomic E-state index is 0.0956. The number of amides is 1. The van der Waals surface area contributed by atoms with E-state index in [0.29, 0.717) is 12.8 Å². The Bertz CT molecular complexity index is 430. The third-order valence-corrected chi connectivity index (χ3v) is 3.64. The number of carbonyl (C=O) groups excluding carboxylic acids is 1. The molecule has 1 fully saturated rings. The van der Waals surface area contributed by atoms with Gasteiger partial charge in [0.1, 0.15) is 0 Å². The lowest BCUT2D eigenvalue weighted by Crippen LogP contribution is -2.46. The molecule has 2 atom stereocenters. The Balaban J connectivity index is 2.01. The largest absolute Gasteiger partial charge is 0.392 e. The molecule has 2 unspecified atom stereocenters. The van der Waals surface area contributed by atoms with Crippen LogP contribution in [0.4, 0.5) is 0 Å². The Morgan fingerprint density at radius 2 is 2.12 bits per heavy atom. The Hall–Kier alpha value is -1.35. The number of aliphatic hydroxyl groups is 1. The van der Waals surface area contributed by atoms with Gasteiger partial charge in [0, 0.05) is 6.54 Å². The molecule has 0 spiro atoms. The van der Waals surface area contributed by atoms with Crippen LogP contribution in [-0.4, -0.2) is 28.6 Å². The molecule has 2 aliphatic heterocycles. The van der Waals surface area contributed by atoms with Gasteiger partial charge in [-0.1, -0.05) is 24.3 Å². The number of benzene rings is 1. The molecule has 3 rings (SSSR count). The SMILES string of the molecule is O=C1CC(O)CC2c3ccccc3CCN12. The van der Waals surface area contributed by atoms with Gasteiger partial charge in [0.15, 0.2) is 0 Å². The Kier molecular flexibility index (Phi) is 2.21. The molecule has 0 aliphatic carbocycles. The highest BCUT2D eigenvalue weighted by Gasteiger charge is 2.36. The molecule has 2 aliphatic rings. The molecule has 1 amide bonds. The van der Waals surface area contributed by atoms with Crippen molar-refractivity contribution in [3.05, 3.63) is 35.4 Å². The average Bonchev–Trinajstić information content (AvgIpc) is 2.28. The van der Waals surface area contributed by atoms with E-state index < -0.39 is 6.10 Å². The smallest absolute Gasteiger partial charge is 0.225 e. The fraction of sp³-hybridized carbons (Fsp3) is 0.462. The van der Waals surface area contributed by atoms with E-state index in [2.05, 4.69) is 12.1 Å². The van der Waals surface area contributed by atoms with E-state index in [1.54, 1.807) is 0 Å². The fourth-order valence-corrected chi connectivity index (χ4v) is 2.86. The lowest BCUT2D eigenvalue weighted by molar-refractivity contribution is -0.141. The predicted molar refractivity (Wildman–Crippen MR) is 59.8 cm³/mol. The van der Waals surface area contributed by atoms with E-state index in [9.17, 15) is 9.90 Å². The summed E-state index contributed by atoms with van der Waals surface area (Å²) in [4.78, 5) is 13.7. The van der Waals surface area contributed by atoms with Gasteiger partial charge in [-0.15, -0.1) is 0 Å². The summed E-state index contributed by atoms with van der Waals surface area (Å²) in [5.41, 5.74) is 2.55. The Morgan fingerprint density at radius 3 is 3.00 bits per heavy atom. The lowest BCUT2D eigenvalue weighted by Gasteiger charge is -2.42. The second kappa shape index (κ2) is 3.59. The van der Waals surface area contributed by atoms with E-state index in [1.807, 2.05) is 17.0 Å². The molecule has 0 aromatic heterocycles. The van der Waals surface area contributed by atoms with Crippen molar-refractivity contribution in [1.29, 1.82) is 0 Å². The third-order valence-electron chi connectivity index (χ3n) is 3.64. The van der Waals surface area contributed by atoms with E-state index in [-0.39, 0.29) is 11.9 Å². The first-order valence-electron chi connectivity index (χ1n) is 5.81. The second-order valence-corrected chi connectivity index (χ2v) is 4.65. The van der Waals surface area contributed by atoms with E-state index in [4.69, 9.17) is 0 Å². The number of hydrogen-bond acceptors (Lipinski definition) is 2. The van der Waals surface area contributed by atoms with Crippen molar-refractivity contribution in [2.45, 2.75) is 31.4 Å². The second-order valence-electron chi connectivity index (χ2n) is 4.65. The molecule has 16 heavy (non-hydrogen) atoms. The number of piperidine rings is 1. The van der Waals surface area contributed by atoms with Crippen molar-refractivity contribution in [2.75, 3.05) is 6.54 Å². The van der Waals surface area contributed by atoms with Gasteiger partial charge in [-0.3, -0.25) is 4.79 Å². The van der Waals surface area contributed by atoms with Crippen LogP contribution >= 0.6 is 0 Å². The summed E-state index contributed by atoms with van der Waals surface area (Å²) >= 11 is 0. The quantitative estimate of drug-likeness (QED) is 0.711. The van der Waals surface area contributed by atoms with Gasteiger partial charge in [0.2, 0.25) is 5.91 Å². The Morgan fingerprint density at radius 1 is 1.31 bits per heavy atom. The predicted octanol–water partition coefficient (Wildman–Crippen LogP) is 1.27. The summed E-state index contributed by atoms with van der Waals surface area (Å²) in [6, 6.07) is 8.35. The zero-order chi connectivity index (χ0) is 11.1. The van der Waals surface area contributed by atoms with Gasteiger partial charge >= 0.3 is 0 Å². The zero-order valence-corrected chi connectivity index (χ0v) is 9.10. The molecular formula is C13H15NO2. The number of carbonyl (C=O) groups is 1. The number of rotatable bonds is 0. The normalized spacial score (nSPS) is 28.6. The Labute approximate surface area is 94.7 Å². The lowest BCUT2D eigenvalue weighted by atomic mass is 9.86. The van der Waals surface area contributed by atoms with Crippen LogP contribution in [-0.2, 0) is 11.2 Å². The minimum Gasteiger partial charge on any atom is -0.392 e. The maximum atomic E-state index is 11.8. The van der Waals surface area contributed by atoms with Crippen molar-refractivity contribution >= 4 is 5.91 Å². The van der Waals surface area contributed by atoms with Crippen LogP contribution in [0.3, 0.4) is 0 Å². The van der Waals surface area contributed by atoms with Crippen molar-refractivity contribution in [3.63, 3.8) is 0 Å². The molecule has 1 aromatic rings. The zero-order valence-electron chi connectivity index (χ0n) is 9.10. The maximum absolute atomic E-state index is 11.8. The first kappa shape index (κ1) is 9.85. The first-order valence-corrected chi connectivity index (χ1v) is 5.81. The van der Waals surface area contributed by atoms with Gasteiger partial charge in [0.05, 0.1) is 18.6 Å². The molecular weight excluding hydrogens is 202 g/mol. The van der Waals surface area contributed by atoms with Gasteiger partial charge in [0.25, 0.3) is 0 Å². The summed E-state index contributed by atoms with van der Waals surface area (Å²) in [6.45, 7) is 0.799. The van der Waals surface area contributed by atoms with Gasteiger partial charge in [-0.2, -0.15) is 0 Å². The summed E-state index contributed by atoms with van der Waals surface area (Å²) in [6.07, 6.45) is 1.44. The summed E-state index contributed by atoms with van der Waals surface area (Å²) < 4.78 is 0. The molecule has 0 saturated carbocycles. The molecule has 1 aromatic carbocycles.